The molecule has 3 heteroatoms. The van der Waals surface area contributed by atoms with Gasteiger partial charge in [0.05, 0.1) is 12.8 Å². The summed E-state index contributed by atoms with van der Waals surface area (Å²) in [4.78, 5) is 5.46. The van der Waals surface area contributed by atoms with Gasteiger partial charge in [0.1, 0.15) is 0 Å². The molecule has 3 nitrogen and oxygen atoms in total. The van der Waals surface area contributed by atoms with Gasteiger partial charge in [-0.3, -0.25) is 0 Å². The van der Waals surface area contributed by atoms with Crippen LogP contribution in [-0.2, 0) is 16.0 Å². The van der Waals surface area contributed by atoms with Gasteiger partial charge in [0.25, 0.3) is 6.29 Å². The van der Waals surface area contributed by atoms with Crippen LogP contribution in [0.4, 0.5) is 0 Å². The standard InChI is InChI=1S/C16H15NO2/c1-2-6-13(7-3-1)12-17-19-16-15-9-5-4-8-14(15)10-11-18-16/h1-9,12,16H,10-11H2/b17-12+. The number of rotatable bonds is 3. The van der Waals surface area contributed by atoms with E-state index in [1.807, 2.05) is 48.5 Å². The minimum absolute atomic E-state index is 0.398. The van der Waals surface area contributed by atoms with Crippen LogP contribution in [-0.4, -0.2) is 12.8 Å². The summed E-state index contributed by atoms with van der Waals surface area (Å²) in [6.07, 6.45) is 2.23. The Bertz CT molecular complexity index is 566. The molecule has 1 atom stereocenters. The second-order valence-electron chi connectivity index (χ2n) is 4.40. The van der Waals surface area contributed by atoms with Crippen molar-refractivity contribution < 1.29 is 9.57 Å². The van der Waals surface area contributed by atoms with Gasteiger partial charge < -0.3 is 9.57 Å². The largest absolute Gasteiger partial charge is 0.358 e. The predicted octanol–water partition coefficient (Wildman–Crippen LogP) is 3.31. The molecule has 2 aromatic rings. The summed E-state index contributed by atoms with van der Waals surface area (Å²) in [6, 6.07) is 18.0. The Morgan fingerprint density at radius 3 is 2.74 bits per heavy atom. The Balaban J connectivity index is 1.70. The van der Waals surface area contributed by atoms with E-state index in [0.717, 1.165) is 17.5 Å². The van der Waals surface area contributed by atoms with Crippen LogP contribution in [0.15, 0.2) is 59.8 Å². The lowest BCUT2D eigenvalue weighted by Gasteiger charge is -2.23. The van der Waals surface area contributed by atoms with Gasteiger partial charge in [0, 0.05) is 5.56 Å². The molecule has 1 aliphatic heterocycles. The van der Waals surface area contributed by atoms with Crippen LogP contribution in [0.1, 0.15) is 23.0 Å². The summed E-state index contributed by atoms with van der Waals surface area (Å²) >= 11 is 0. The predicted molar refractivity (Wildman–Crippen MR) is 74.0 cm³/mol. The summed E-state index contributed by atoms with van der Waals surface area (Å²) in [5.74, 6) is 0. The third kappa shape index (κ3) is 2.83. The molecule has 96 valence electrons. The molecule has 0 aromatic heterocycles. The van der Waals surface area contributed by atoms with Crippen LogP contribution in [0.5, 0.6) is 0 Å². The zero-order valence-electron chi connectivity index (χ0n) is 10.5. The highest BCUT2D eigenvalue weighted by Gasteiger charge is 2.21. The SMILES string of the molecule is C(=N\OC1OCCc2ccccc21)/c1ccccc1. The van der Waals surface area contributed by atoms with Crippen LogP contribution >= 0.6 is 0 Å². The smallest absolute Gasteiger partial charge is 0.253 e. The lowest BCUT2D eigenvalue weighted by Crippen LogP contribution is -2.17. The molecule has 2 aromatic carbocycles. The Hall–Kier alpha value is -2.13. The van der Waals surface area contributed by atoms with E-state index < -0.39 is 6.29 Å². The topological polar surface area (TPSA) is 30.8 Å². The summed E-state index contributed by atoms with van der Waals surface area (Å²) < 4.78 is 5.61. The maximum absolute atomic E-state index is 5.61. The third-order valence-electron chi connectivity index (χ3n) is 3.11. The summed E-state index contributed by atoms with van der Waals surface area (Å²) in [5, 5.41) is 4.01. The van der Waals surface area contributed by atoms with Crippen molar-refractivity contribution in [2.24, 2.45) is 5.16 Å². The fourth-order valence-electron chi connectivity index (χ4n) is 2.13. The molecule has 1 heterocycles. The second kappa shape index (κ2) is 5.67. The highest BCUT2D eigenvalue weighted by Crippen LogP contribution is 2.27. The maximum atomic E-state index is 5.61. The fraction of sp³-hybridized carbons (Fsp3) is 0.188. The first kappa shape index (κ1) is 11.9. The van der Waals surface area contributed by atoms with E-state index in [2.05, 4.69) is 11.2 Å². The molecule has 1 aliphatic rings. The monoisotopic (exact) mass is 253 g/mol. The van der Waals surface area contributed by atoms with Gasteiger partial charge >= 0.3 is 0 Å². The number of hydrogen-bond acceptors (Lipinski definition) is 3. The first-order chi connectivity index (χ1) is 9.43. The molecule has 0 saturated carbocycles. The molecular formula is C16H15NO2. The lowest BCUT2D eigenvalue weighted by molar-refractivity contribution is -0.152. The molecule has 0 fully saturated rings. The Morgan fingerprint density at radius 1 is 1.05 bits per heavy atom. The van der Waals surface area contributed by atoms with E-state index in [0.29, 0.717) is 6.61 Å². The fourth-order valence-corrected chi connectivity index (χ4v) is 2.13. The van der Waals surface area contributed by atoms with Gasteiger partial charge in [-0.15, -0.1) is 0 Å². The van der Waals surface area contributed by atoms with Crippen molar-refractivity contribution in [1.82, 2.24) is 0 Å². The zero-order valence-corrected chi connectivity index (χ0v) is 10.5. The van der Waals surface area contributed by atoms with Crippen molar-refractivity contribution in [3.05, 3.63) is 71.3 Å². The molecule has 0 saturated heterocycles. The summed E-state index contributed by atoms with van der Waals surface area (Å²) in [7, 11) is 0. The number of ether oxygens (including phenoxy) is 1. The Kier molecular flexibility index (Phi) is 3.56. The molecule has 0 aliphatic carbocycles. The van der Waals surface area contributed by atoms with Crippen molar-refractivity contribution in [2.45, 2.75) is 12.7 Å². The van der Waals surface area contributed by atoms with Gasteiger partial charge in [-0.05, 0) is 17.5 Å². The van der Waals surface area contributed by atoms with Crippen molar-refractivity contribution in [3.63, 3.8) is 0 Å². The Morgan fingerprint density at radius 2 is 1.84 bits per heavy atom. The highest BCUT2D eigenvalue weighted by atomic mass is 16.8. The van der Waals surface area contributed by atoms with Crippen LogP contribution in [0.2, 0.25) is 0 Å². The average molecular weight is 253 g/mol. The molecule has 3 rings (SSSR count). The molecule has 0 N–H and O–H groups in total. The van der Waals surface area contributed by atoms with E-state index in [9.17, 15) is 0 Å². The zero-order chi connectivity index (χ0) is 12.9. The number of oxime groups is 1. The van der Waals surface area contributed by atoms with E-state index in [1.54, 1.807) is 6.21 Å². The molecule has 1 unspecified atom stereocenters. The van der Waals surface area contributed by atoms with E-state index in [1.165, 1.54) is 5.56 Å². The maximum Gasteiger partial charge on any atom is 0.253 e. The van der Waals surface area contributed by atoms with Gasteiger partial charge in [-0.1, -0.05) is 59.8 Å². The molecule has 0 bridgehead atoms. The van der Waals surface area contributed by atoms with E-state index in [-0.39, 0.29) is 0 Å². The minimum atomic E-state index is -0.398. The summed E-state index contributed by atoms with van der Waals surface area (Å²) in [5.41, 5.74) is 3.35. The number of hydrogen-bond donors (Lipinski definition) is 0. The number of nitrogens with zero attached hydrogens (tertiary/aromatic N) is 1. The number of fused-ring (bicyclic) bond motifs is 1. The molecule has 0 amide bonds. The lowest BCUT2D eigenvalue weighted by atomic mass is 10.0. The van der Waals surface area contributed by atoms with Crippen LogP contribution in [0.3, 0.4) is 0 Å². The van der Waals surface area contributed by atoms with Crippen LogP contribution < -0.4 is 0 Å². The Labute approximate surface area is 112 Å². The highest BCUT2D eigenvalue weighted by molar-refractivity contribution is 5.78. The molecule has 19 heavy (non-hydrogen) atoms. The quantitative estimate of drug-likeness (QED) is 0.620. The van der Waals surface area contributed by atoms with Crippen molar-refractivity contribution in [3.8, 4) is 0 Å². The molecular weight excluding hydrogens is 238 g/mol. The first-order valence-corrected chi connectivity index (χ1v) is 6.37. The third-order valence-corrected chi connectivity index (χ3v) is 3.11. The van der Waals surface area contributed by atoms with Gasteiger partial charge in [-0.2, -0.15) is 0 Å². The van der Waals surface area contributed by atoms with Crippen molar-refractivity contribution in [2.75, 3.05) is 6.61 Å². The van der Waals surface area contributed by atoms with Crippen molar-refractivity contribution >= 4 is 6.21 Å². The van der Waals surface area contributed by atoms with Crippen LogP contribution in [0, 0.1) is 0 Å². The van der Waals surface area contributed by atoms with Crippen molar-refractivity contribution in [1.29, 1.82) is 0 Å². The van der Waals surface area contributed by atoms with E-state index in [4.69, 9.17) is 9.57 Å². The van der Waals surface area contributed by atoms with Gasteiger partial charge in [0.2, 0.25) is 0 Å². The average Bonchev–Trinajstić information content (AvgIpc) is 2.49. The molecule has 0 spiro atoms. The normalized spacial score (nSPS) is 18.2. The number of benzene rings is 2. The summed E-state index contributed by atoms with van der Waals surface area (Å²) in [6.45, 7) is 0.669. The second-order valence-corrected chi connectivity index (χ2v) is 4.40. The van der Waals surface area contributed by atoms with E-state index >= 15 is 0 Å². The van der Waals surface area contributed by atoms with Gasteiger partial charge in [0.15, 0.2) is 0 Å². The minimum Gasteiger partial charge on any atom is -0.358 e. The van der Waals surface area contributed by atoms with Crippen LogP contribution in [0.25, 0.3) is 0 Å². The first-order valence-electron chi connectivity index (χ1n) is 6.37. The van der Waals surface area contributed by atoms with Gasteiger partial charge in [-0.25, -0.2) is 0 Å². The molecule has 0 radical (unpaired) electrons.